The Morgan fingerprint density at radius 2 is 1.83 bits per heavy atom. The zero-order valence-corrected chi connectivity index (χ0v) is 9.96. The van der Waals surface area contributed by atoms with Crippen LogP contribution in [0.25, 0.3) is 0 Å². The molecule has 4 nitrogen and oxygen atoms in total. The van der Waals surface area contributed by atoms with Gasteiger partial charge >= 0.3 is 12.1 Å². The fraction of sp³-hybridized carbons (Fsp3) is 0.818. The molecule has 1 amide bonds. The molecular formula is C11H16F3NO3. The summed E-state index contributed by atoms with van der Waals surface area (Å²) in [5, 5.41) is 11.1. The lowest BCUT2D eigenvalue weighted by atomic mass is 9.95. The lowest BCUT2D eigenvalue weighted by molar-refractivity contribution is -0.147. The van der Waals surface area contributed by atoms with Gasteiger partial charge in [0.2, 0.25) is 5.91 Å². The normalized spacial score (nSPS) is 28.1. The molecule has 3 atom stereocenters. The Hall–Kier alpha value is -1.27. The van der Waals surface area contributed by atoms with Crippen LogP contribution in [0.2, 0.25) is 0 Å². The molecule has 0 aromatic carbocycles. The minimum Gasteiger partial charge on any atom is -0.481 e. The van der Waals surface area contributed by atoms with Gasteiger partial charge in [0.05, 0.1) is 18.3 Å². The molecule has 1 aliphatic carbocycles. The van der Waals surface area contributed by atoms with E-state index in [1.54, 1.807) is 0 Å². The first-order chi connectivity index (χ1) is 8.20. The highest BCUT2D eigenvalue weighted by molar-refractivity contribution is 5.85. The third kappa shape index (κ3) is 4.19. The summed E-state index contributed by atoms with van der Waals surface area (Å²) in [4.78, 5) is 22.6. The van der Waals surface area contributed by atoms with Crippen LogP contribution < -0.4 is 5.32 Å². The number of carbonyl (C=O) groups excluding carboxylic acids is 1. The van der Waals surface area contributed by atoms with E-state index >= 15 is 0 Å². The van der Waals surface area contributed by atoms with Gasteiger partial charge in [-0.05, 0) is 18.8 Å². The average Bonchev–Trinajstić information content (AvgIpc) is 2.58. The number of nitrogens with one attached hydrogen (secondary N) is 1. The van der Waals surface area contributed by atoms with E-state index in [1.165, 1.54) is 0 Å². The Balaban J connectivity index is 2.48. The molecule has 1 aliphatic rings. The number of hydrogen-bond acceptors (Lipinski definition) is 2. The molecule has 1 fully saturated rings. The van der Waals surface area contributed by atoms with Crippen molar-refractivity contribution >= 4 is 11.9 Å². The Labute approximate surface area is 103 Å². The molecule has 0 saturated heterocycles. The first-order valence-corrected chi connectivity index (χ1v) is 5.78. The van der Waals surface area contributed by atoms with Crippen molar-refractivity contribution < 1.29 is 27.9 Å². The second-order valence-electron chi connectivity index (χ2n) is 4.78. The molecule has 0 heterocycles. The van der Waals surface area contributed by atoms with Gasteiger partial charge < -0.3 is 10.4 Å². The van der Waals surface area contributed by atoms with Crippen LogP contribution >= 0.6 is 0 Å². The van der Waals surface area contributed by atoms with E-state index in [9.17, 15) is 22.8 Å². The Morgan fingerprint density at radius 3 is 2.33 bits per heavy atom. The van der Waals surface area contributed by atoms with Gasteiger partial charge in [-0.15, -0.1) is 0 Å². The van der Waals surface area contributed by atoms with E-state index in [1.807, 2.05) is 6.92 Å². The standard InChI is InChI=1S/C11H16F3NO3/c1-6-4-7(8(5-6)10(17)18)9(16)15-3-2-11(12,13)14/h6-8H,2-5H2,1H3,(H,15,16)(H,17,18). The maximum atomic E-state index is 11.9. The number of halogens is 3. The van der Waals surface area contributed by atoms with Crippen molar-refractivity contribution in [2.45, 2.75) is 32.4 Å². The average molecular weight is 267 g/mol. The Bertz CT molecular complexity index is 330. The lowest BCUT2D eigenvalue weighted by Gasteiger charge is -2.15. The van der Waals surface area contributed by atoms with Crippen LogP contribution in [0.4, 0.5) is 13.2 Å². The number of amides is 1. The van der Waals surface area contributed by atoms with Gasteiger partial charge in [0.1, 0.15) is 0 Å². The number of rotatable bonds is 4. The molecule has 3 unspecified atom stereocenters. The van der Waals surface area contributed by atoms with E-state index in [4.69, 9.17) is 5.11 Å². The minimum absolute atomic E-state index is 0.101. The number of hydrogen-bond donors (Lipinski definition) is 2. The van der Waals surface area contributed by atoms with Crippen LogP contribution in [-0.2, 0) is 9.59 Å². The predicted molar refractivity (Wildman–Crippen MR) is 56.7 cm³/mol. The number of alkyl halides is 3. The number of aliphatic carboxylic acids is 1. The van der Waals surface area contributed by atoms with Crippen LogP contribution in [0.5, 0.6) is 0 Å². The van der Waals surface area contributed by atoms with Gasteiger partial charge in [0.15, 0.2) is 0 Å². The zero-order valence-electron chi connectivity index (χ0n) is 9.96. The van der Waals surface area contributed by atoms with Gasteiger partial charge in [0.25, 0.3) is 0 Å². The maximum Gasteiger partial charge on any atom is 0.390 e. The van der Waals surface area contributed by atoms with Crippen LogP contribution in [-0.4, -0.2) is 29.7 Å². The molecule has 0 aromatic heterocycles. The van der Waals surface area contributed by atoms with Gasteiger partial charge in [0, 0.05) is 6.54 Å². The molecule has 0 aromatic rings. The minimum atomic E-state index is -4.32. The molecule has 0 spiro atoms. The fourth-order valence-electron chi connectivity index (χ4n) is 2.31. The summed E-state index contributed by atoms with van der Waals surface area (Å²) in [6.07, 6.45) is -4.61. The molecule has 1 saturated carbocycles. The summed E-state index contributed by atoms with van der Waals surface area (Å²) in [6, 6.07) is 0. The third-order valence-electron chi connectivity index (χ3n) is 3.16. The summed E-state index contributed by atoms with van der Waals surface area (Å²) in [7, 11) is 0. The molecule has 0 radical (unpaired) electrons. The van der Waals surface area contributed by atoms with Crippen molar-refractivity contribution in [3.63, 3.8) is 0 Å². The van der Waals surface area contributed by atoms with Crippen molar-refractivity contribution in [1.82, 2.24) is 5.32 Å². The van der Waals surface area contributed by atoms with Crippen molar-refractivity contribution in [2.24, 2.45) is 17.8 Å². The van der Waals surface area contributed by atoms with Crippen LogP contribution in [0.1, 0.15) is 26.2 Å². The quantitative estimate of drug-likeness (QED) is 0.816. The monoisotopic (exact) mass is 267 g/mol. The summed E-state index contributed by atoms with van der Waals surface area (Å²) in [5.74, 6) is -3.05. The van der Waals surface area contributed by atoms with Crippen LogP contribution in [0.3, 0.4) is 0 Å². The van der Waals surface area contributed by atoms with Crippen molar-refractivity contribution in [2.75, 3.05) is 6.54 Å². The summed E-state index contributed by atoms with van der Waals surface area (Å²) in [5.41, 5.74) is 0. The molecule has 104 valence electrons. The second-order valence-corrected chi connectivity index (χ2v) is 4.78. The van der Waals surface area contributed by atoms with E-state index in [2.05, 4.69) is 5.32 Å². The Kier molecular flexibility index (Phi) is 4.59. The Morgan fingerprint density at radius 1 is 1.28 bits per heavy atom. The third-order valence-corrected chi connectivity index (χ3v) is 3.16. The first-order valence-electron chi connectivity index (χ1n) is 5.78. The van der Waals surface area contributed by atoms with Gasteiger partial charge in [-0.1, -0.05) is 6.92 Å². The molecule has 1 rings (SSSR count). The maximum absolute atomic E-state index is 11.9. The zero-order chi connectivity index (χ0) is 13.9. The fourth-order valence-corrected chi connectivity index (χ4v) is 2.31. The number of carbonyl (C=O) groups is 2. The highest BCUT2D eigenvalue weighted by Gasteiger charge is 2.41. The summed E-state index contributed by atoms with van der Waals surface area (Å²) < 4.78 is 35.7. The van der Waals surface area contributed by atoms with Crippen LogP contribution in [0.15, 0.2) is 0 Å². The van der Waals surface area contributed by atoms with E-state index in [0.717, 1.165) is 0 Å². The molecule has 0 bridgehead atoms. The molecule has 18 heavy (non-hydrogen) atoms. The topological polar surface area (TPSA) is 66.4 Å². The molecule has 2 N–H and O–H groups in total. The van der Waals surface area contributed by atoms with Crippen LogP contribution in [0, 0.1) is 17.8 Å². The van der Waals surface area contributed by atoms with E-state index in [-0.39, 0.29) is 5.92 Å². The van der Waals surface area contributed by atoms with Crippen molar-refractivity contribution in [3.05, 3.63) is 0 Å². The smallest absolute Gasteiger partial charge is 0.390 e. The van der Waals surface area contributed by atoms with E-state index in [0.29, 0.717) is 12.8 Å². The predicted octanol–water partition coefficient (Wildman–Crippen LogP) is 1.80. The molecule has 0 aliphatic heterocycles. The SMILES string of the molecule is CC1CC(C(=O)O)C(C(=O)NCCC(F)(F)F)C1. The van der Waals surface area contributed by atoms with Gasteiger partial charge in [-0.2, -0.15) is 13.2 Å². The first kappa shape index (κ1) is 14.8. The number of carboxylic acid groups (broad SMARTS) is 1. The van der Waals surface area contributed by atoms with Gasteiger partial charge in [-0.3, -0.25) is 9.59 Å². The number of carboxylic acids is 1. The molecular weight excluding hydrogens is 251 g/mol. The van der Waals surface area contributed by atoms with Crippen molar-refractivity contribution in [1.29, 1.82) is 0 Å². The summed E-state index contributed by atoms with van der Waals surface area (Å²) in [6.45, 7) is 1.33. The second kappa shape index (κ2) is 5.58. The lowest BCUT2D eigenvalue weighted by Crippen LogP contribution is -2.36. The van der Waals surface area contributed by atoms with Gasteiger partial charge in [-0.25, -0.2) is 0 Å². The largest absolute Gasteiger partial charge is 0.481 e. The van der Waals surface area contributed by atoms with Crippen molar-refractivity contribution in [3.8, 4) is 0 Å². The highest BCUT2D eigenvalue weighted by atomic mass is 19.4. The summed E-state index contributed by atoms with van der Waals surface area (Å²) >= 11 is 0. The highest BCUT2D eigenvalue weighted by Crippen LogP contribution is 2.36. The van der Waals surface area contributed by atoms with E-state index < -0.39 is 42.9 Å². The molecule has 7 heteroatoms.